The molecule has 0 saturated carbocycles. The Kier molecular flexibility index (Phi) is 5.19. The Bertz CT molecular complexity index is 435. The quantitative estimate of drug-likeness (QED) is 0.837. The van der Waals surface area contributed by atoms with E-state index in [0.29, 0.717) is 0 Å². The predicted molar refractivity (Wildman–Crippen MR) is 88.8 cm³/mol. The molecule has 0 aromatic carbocycles. The van der Waals surface area contributed by atoms with Crippen molar-refractivity contribution in [2.45, 2.75) is 58.1 Å². The number of aryl methyl sites for hydroxylation is 1. The first-order chi connectivity index (χ1) is 10.6. The molecule has 1 atom stereocenters. The first-order valence-electron chi connectivity index (χ1n) is 8.94. The van der Waals surface area contributed by atoms with Gasteiger partial charge in [0, 0.05) is 32.1 Å². The minimum Gasteiger partial charge on any atom is -0.376 e. The van der Waals surface area contributed by atoms with Crippen molar-refractivity contribution in [3.05, 3.63) is 18.5 Å². The van der Waals surface area contributed by atoms with E-state index in [9.17, 15) is 0 Å². The molecule has 3 heterocycles. The zero-order chi connectivity index (χ0) is 15.4. The van der Waals surface area contributed by atoms with Gasteiger partial charge in [0.25, 0.3) is 0 Å². The lowest BCUT2D eigenvalue weighted by molar-refractivity contribution is -0.0778. The second kappa shape index (κ2) is 7.14. The van der Waals surface area contributed by atoms with Crippen molar-refractivity contribution in [2.75, 3.05) is 26.2 Å². The zero-order valence-corrected chi connectivity index (χ0v) is 14.2. The summed E-state index contributed by atoms with van der Waals surface area (Å²) in [5, 5.41) is 4.30. The Labute approximate surface area is 134 Å². The van der Waals surface area contributed by atoms with Crippen LogP contribution in [0.25, 0.3) is 0 Å². The summed E-state index contributed by atoms with van der Waals surface area (Å²) in [5.41, 5.74) is 0.0883. The highest BCUT2D eigenvalue weighted by Gasteiger charge is 2.30. The highest BCUT2D eigenvalue weighted by Crippen LogP contribution is 2.30. The van der Waals surface area contributed by atoms with Gasteiger partial charge >= 0.3 is 0 Å². The molecule has 0 spiro atoms. The van der Waals surface area contributed by atoms with Crippen LogP contribution in [0.2, 0.25) is 0 Å². The number of aromatic nitrogens is 2. The van der Waals surface area contributed by atoms with E-state index in [0.717, 1.165) is 25.0 Å². The third kappa shape index (κ3) is 4.56. The molecule has 22 heavy (non-hydrogen) atoms. The summed E-state index contributed by atoms with van der Waals surface area (Å²) >= 11 is 0. The monoisotopic (exact) mass is 305 g/mol. The van der Waals surface area contributed by atoms with Gasteiger partial charge in [0.1, 0.15) is 0 Å². The maximum absolute atomic E-state index is 5.84. The molecule has 0 amide bonds. The molecule has 0 radical (unpaired) electrons. The molecule has 2 aliphatic rings. The molecule has 2 fully saturated rings. The van der Waals surface area contributed by atoms with Gasteiger partial charge in [-0.05, 0) is 76.9 Å². The third-order valence-electron chi connectivity index (χ3n) is 5.35. The van der Waals surface area contributed by atoms with Gasteiger partial charge in [0.05, 0.1) is 5.60 Å². The molecular weight excluding hydrogens is 274 g/mol. The Morgan fingerprint density at radius 1 is 1.18 bits per heavy atom. The van der Waals surface area contributed by atoms with E-state index in [1.54, 1.807) is 0 Å². The Morgan fingerprint density at radius 3 is 2.68 bits per heavy atom. The van der Waals surface area contributed by atoms with Crippen molar-refractivity contribution in [1.82, 2.24) is 14.7 Å². The summed E-state index contributed by atoms with van der Waals surface area (Å²) < 4.78 is 7.91. The second-order valence-electron chi connectivity index (χ2n) is 7.77. The number of nitrogens with zero attached hydrogens (tertiary/aromatic N) is 3. The van der Waals surface area contributed by atoms with E-state index in [-0.39, 0.29) is 5.60 Å². The number of hydrogen-bond donors (Lipinski definition) is 0. The fraction of sp³-hybridized carbons (Fsp3) is 0.833. The molecule has 0 bridgehead atoms. The lowest BCUT2D eigenvalue weighted by Crippen LogP contribution is -2.42. The zero-order valence-electron chi connectivity index (χ0n) is 14.2. The van der Waals surface area contributed by atoms with Gasteiger partial charge in [0.2, 0.25) is 0 Å². The number of rotatable bonds is 5. The largest absolute Gasteiger partial charge is 0.376 e. The van der Waals surface area contributed by atoms with Gasteiger partial charge in [-0.1, -0.05) is 0 Å². The second-order valence-corrected chi connectivity index (χ2v) is 7.77. The average Bonchev–Trinajstić information content (AvgIpc) is 2.99. The molecular formula is C18H31N3O. The lowest BCUT2D eigenvalue weighted by atomic mass is 9.87. The third-order valence-corrected chi connectivity index (χ3v) is 5.35. The molecule has 2 aliphatic heterocycles. The summed E-state index contributed by atoms with van der Waals surface area (Å²) in [5.74, 6) is 1.70. The van der Waals surface area contributed by atoms with Crippen LogP contribution in [0.15, 0.2) is 18.5 Å². The molecule has 1 aromatic rings. The van der Waals surface area contributed by atoms with Crippen molar-refractivity contribution in [1.29, 1.82) is 0 Å². The normalized spacial score (nSPS) is 27.1. The molecule has 2 saturated heterocycles. The fourth-order valence-corrected chi connectivity index (χ4v) is 4.08. The van der Waals surface area contributed by atoms with Crippen LogP contribution in [0.1, 0.15) is 46.0 Å². The molecule has 124 valence electrons. The van der Waals surface area contributed by atoms with Crippen LogP contribution in [-0.4, -0.2) is 46.5 Å². The van der Waals surface area contributed by atoms with Crippen molar-refractivity contribution in [3.63, 3.8) is 0 Å². The fourth-order valence-electron chi connectivity index (χ4n) is 4.08. The first-order valence-corrected chi connectivity index (χ1v) is 8.94. The topological polar surface area (TPSA) is 30.3 Å². The van der Waals surface area contributed by atoms with Crippen LogP contribution in [0.4, 0.5) is 0 Å². The number of piperidine rings is 1. The summed E-state index contributed by atoms with van der Waals surface area (Å²) in [4.78, 5) is 2.69. The van der Waals surface area contributed by atoms with Crippen LogP contribution in [0, 0.1) is 11.8 Å². The van der Waals surface area contributed by atoms with Crippen molar-refractivity contribution in [2.24, 2.45) is 11.8 Å². The predicted octanol–water partition coefficient (Wildman–Crippen LogP) is 3.19. The minimum atomic E-state index is 0.0883. The van der Waals surface area contributed by atoms with E-state index in [2.05, 4.69) is 34.7 Å². The van der Waals surface area contributed by atoms with Gasteiger partial charge < -0.3 is 9.64 Å². The van der Waals surface area contributed by atoms with Crippen LogP contribution >= 0.6 is 0 Å². The molecule has 0 aliphatic carbocycles. The minimum absolute atomic E-state index is 0.0883. The standard InChI is InChI=1S/C18H31N3O/c1-18(2)14-17(7-13-22-18)15-20-10-4-16(5-11-20)6-12-21-9-3-8-19-21/h3,8-9,16-17H,4-7,10-15H2,1-2H3/t17-/m0/s1. The number of hydrogen-bond acceptors (Lipinski definition) is 3. The Morgan fingerprint density at radius 2 is 2.00 bits per heavy atom. The first kappa shape index (κ1) is 16.0. The van der Waals surface area contributed by atoms with E-state index < -0.39 is 0 Å². The summed E-state index contributed by atoms with van der Waals surface area (Å²) in [7, 11) is 0. The van der Waals surface area contributed by atoms with Gasteiger partial charge in [-0.15, -0.1) is 0 Å². The van der Waals surface area contributed by atoms with E-state index in [1.807, 2.05) is 12.3 Å². The van der Waals surface area contributed by atoms with Crippen molar-refractivity contribution < 1.29 is 4.74 Å². The van der Waals surface area contributed by atoms with Crippen molar-refractivity contribution in [3.8, 4) is 0 Å². The molecule has 0 unspecified atom stereocenters. The summed E-state index contributed by atoms with van der Waals surface area (Å²) in [6.07, 6.45) is 10.4. The number of ether oxygens (including phenoxy) is 1. The van der Waals surface area contributed by atoms with Gasteiger partial charge in [-0.25, -0.2) is 0 Å². The Hall–Kier alpha value is -0.870. The van der Waals surface area contributed by atoms with Crippen LogP contribution in [0.3, 0.4) is 0 Å². The smallest absolute Gasteiger partial charge is 0.0629 e. The maximum Gasteiger partial charge on any atom is 0.0629 e. The Balaban J connectivity index is 1.36. The van der Waals surface area contributed by atoms with E-state index in [1.165, 1.54) is 51.7 Å². The van der Waals surface area contributed by atoms with Gasteiger partial charge in [-0.2, -0.15) is 5.10 Å². The molecule has 3 rings (SSSR count). The number of likely N-dealkylation sites (tertiary alicyclic amines) is 1. The van der Waals surface area contributed by atoms with E-state index in [4.69, 9.17) is 4.74 Å². The van der Waals surface area contributed by atoms with Gasteiger partial charge in [0.15, 0.2) is 0 Å². The van der Waals surface area contributed by atoms with Crippen LogP contribution in [-0.2, 0) is 11.3 Å². The molecule has 1 aromatic heterocycles. The molecule has 4 nitrogen and oxygen atoms in total. The van der Waals surface area contributed by atoms with Crippen LogP contribution < -0.4 is 0 Å². The summed E-state index contributed by atoms with van der Waals surface area (Å²) in [6, 6.07) is 2.01. The highest BCUT2D eigenvalue weighted by atomic mass is 16.5. The molecule has 0 N–H and O–H groups in total. The lowest BCUT2D eigenvalue weighted by Gasteiger charge is -2.39. The van der Waals surface area contributed by atoms with Gasteiger partial charge in [-0.3, -0.25) is 4.68 Å². The summed E-state index contributed by atoms with van der Waals surface area (Å²) in [6.45, 7) is 10.3. The van der Waals surface area contributed by atoms with Crippen LogP contribution in [0.5, 0.6) is 0 Å². The van der Waals surface area contributed by atoms with E-state index >= 15 is 0 Å². The van der Waals surface area contributed by atoms with Crippen molar-refractivity contribution >= 4 is 0 Å². The maximum atomic E-state index is 5.84. The average molecular weight is 305 g/mol. The molecule has 4 heteroatoms. The SMILES string of the molecule is CC1(C)C[C@@H](CN2CCC(CCn3cccn3)CC2)CCO1. The highest BCUT2D eigenvalue weighted by molar-refractivity contribution is 4.83.